The average molecular weight is 405 g/mol. The van der Waals surface area contributed by atoms with Crippen LogP contribution in [0.5, 0.6) is 17.2 Å². The Kier molecular flexibility index (Phi) is 6.65. The molecule has 3 rings (SSSR count). The summed E-state index contributed by atoms with van der Waals surface area (Å²) in [6, 6.07) is 11.5. The number of carbonyl (C=O) groups is 1. The predicted molar refractivity (Wildman–Crippen MR) is 109 cm³/mol. The van der Waals surface area contributed by atoms with E-state index in [-0.39, 0.29) is 18.4 Å². The number of methoxy groups -OCH3 is 1. The van der Waals surface area contributed by atoms with E-state index in [1.807, 2.05) is 44.4 Å². The zero-order valence-corrected chi connectivity index (χ0v) is 17.1. The summed E-state index contributed by atoms with van der Waals surface area (Å²) < 4.78 is 16.3. The highest BCUT2D eigenvalue weighted by atomic mass is 35.5. The Balaban J connectivity index is 1.62. The number of carbonyl (C=O) groups excluding carboxylic acids is 1. The number of rotatable bonds is 7. The quantitative estimate of drug-likeness (QED) is 0.768. The Morgan fingerprint density at radius 3 is 2.61 bits per heavy atom. The Labute approximate surface area is 170 Å². The second kappa shape index (κ2) is 9.17. The van der Waals surface area contributed by atoms with Crippen molar-refractivity contribution in [1.82, 2.24) is 10.2 Å². The van der Waals surface area contributed by atoms with Crippen LogP contribution in [0.3, 0.4) is 0 Å². The summed E-state index contributed by atoms with van der Waals surface area (Å²) in [5.41, 5.74) is 1.89. The highest BCUT2D eigenvalue weighted by Crippen LogP contribution is 2.38. The molecule has 2 aromatic rings. The molecular weight excluding hydrogens is 380 g/mol. The molecule has 0 aromatic heterocycles. The van der Waals surface area contributed by atoms with Gasteiger partial charge in [-0.15, -0.1) is 0 Å². The summed E-state index contributed by atoms with van der Waals surface area (Å²) in [4.78, 5) is 14.6. The maximum atomic E-state index is 12.5. The maximum absolute atomic E-state index is 12.5. The first-order valence-corrected chi connectivity index (χ1v) is 9.51. The van der Waals surface area contributed by atoms with Crippen molar-refractivity contribution < 1.29 is 19.0 Å². The lowest BCUT2D eigenvalue weighted by atomic mass is 10.1. The zero-order chi connectivity index (χ0) is 20.1. The van der Waals surface area contributed by atoms with Crippen LogP contribution in [-0.2, 0) is 11.2 Å². The topological polar surface area (TPSA) is 60.0 Å². The summed E-state index contributed by atoms with van der Waals surface area (Å²) >= 11 is 6.25. The molecule has 1 amide bonds. The number of hydrogen-bond acceptors (Lipinski definition) is 5. The molecule has 1 aliphatic heterocycles. The van der Waals surface area contributed by atoms with Crippen LogP contribution in [0.15, 0.2) is 36.4 Å². The number of hydrogen-bond donors (Lipinski definition) is 1. The fraction of sp³-hybridized carbons (Fsp3) is 0.381. The Morgan fingerprint density at radius 1 is 1.21 bits per heavy atom. The first-order chi connectivity index (χ1) is 13.5. The van der Waals surface area contributed by atoms with Gasteiger partial charge in [0.15, 0.2) is 11.5 Å². The smallest absolute Gasteiger partial charge is 0.224 e. The molecule has 1 N–H and O–H groups in total. The first-order valence-electron chi connectivity index (χ1n) is 9.13. The van der Waals surface area contributed by atoms with Gasteiger partial charge in [-0.05, 0) is 49.5 Å². The van der Waals surface area contributed by atoms with Gasteiger partial charge in [-0.25, -0.2) is 0 Å². The molecule has 0 saturated carbocycles. The standard InChI is InChI=1S/C21H25ClN2O4/c1-24(2)18(15-4-6-16(26-3)7-5-15)13-23-20(25)12-14-10-17(22)21-19(11-14)27-8-9-28-21/h4-7,10-11,18H,8-9,12-13H2,1-3H3,(H,23,25). The van der Waals surface area contributed by atoms with Crippen molar-refractivity contribution in [1.29, 1.82) is 0 Å². The van der Waals surface area contributed by atoms with E-state index < -0.39 is 0 Å². The molecular formula is C21H25ClN2O4. The summed E-state index contributed by atoms with van der Waals surface area (Å²) in [5.74, 6) is 1.86. The second-order valence-corrected chi connectivity index (χ2v) is 7.24. The minimum absolute atomic E-state index is 0.0544. The number of fused-ring (bicyclic) bond motifs is 1. The van der Waals surface area contributed by atoms with Crippen molar-refractivity contribution in [3.05, 3.63) is 52.5 Å². The van der Waals surface area contributed by atoms with E-state index >= 15 is 0 Å². The number of likely N-dealkylation sites (N-methyl/N-ethyl adjacent to an activating group) is 1. The van der Waals surface area contributed by atoms with Crippen molar-refractivity contribution in [3.63, 3.8) is 0 Å². The molecule has 1 atom stereocenters. The fourth-order valence-corrected chi connectivity index (χ4v) is 3.44. The lowest BCUT2D eigenvalue weighted by Gasteiger charge is -2.25. The molecule has 0 saturated heterocycles. The molecule has 1 heterocycles. The molecule has 28 heavy (non-hydrogen) atoms. The van der Waals surface area contributed by atoms with Crippen LogP contribution in [0.1, 0.15) is 17.2 Å². The predicted octanol–water partition coefficient (Wildman–Crippen LogP) is 3.08. The van der Waals surface area contributed by atoms with E-state index in [1.54, 1.807) is 13.2 Å². The normalized spacial score (nSPS) is 13.9. The van der Waals surface area contributed by atoms with Crippen molar-refractivity contribution >= 4 is 17.5 Å². The van der Waals surface area contributed by atoms with Crippen molar-refractivity contribution in [2.75, 3.05) is 41.0 Å². The number of halogens is 1. The number of nitrogens with one attached hydrogen (secondary N) is 1. The van der Waals surface area contributed by atoms with Gasteiger partial charge >= 0.3 is 0 Å². The van der Waals surface area contributed by atoms with E-state index in [1.165, 1.54) is 0 Å². The van der Waals surface area contributed by atoms with Crippen molar-refractivity contribution in [3.8, 4) is 17.2 Å². The largest absolute Gasteiger partial charge is 0.497 e. The minimum Gasteiger partial charge on any atom is -0.497 e. The first kappa shape index (κ1) is 20.3. The van der Waals surface area contributed by atoms with Gasteiger partial charge in [0.25, 0.3) is 0 Å². The fourth-order valence-electron chi connectivity index (χ4n) is 3.15. The van der Waals surface area contributed by atoms with Gasteiger partial charge in [-0.3, -0.25) is 4.79 Å². The van der Waals surface area contributed by atoms with Gasteiger partial charge in [-0.1, -0.05) is 23.7 Å². The van der Waals surface area contributed by atoms with Crippen LogP contribution in [0.25, 0.3) is 0 Å². The van der Waals surface area contributed by atoms with Crippen LogP contribution < -0.4 is 19.5 Å². The summed E-state index contributed by atoms with van der Waals surface area (Å²) in [5, 5.41) is 3.47. The maximum Gasteiger partial charge on any atom is 0.224 e. The van der Waals surface area contributed by atoms with Gasteiger partial charge < -0.3 is 24.4 Å². The highest BCUT2D eigenvalue weighted by molar-refractivity contribution is 6.32. The third kappa shape index (κ3) is 4.88. The minimum atomic E-state index is -0.0758. The number of nitrogens with zero attached hydrogens (tertiary/aromatic N) is 1. The second-order valence-electron chi connectivity index (χ2n) is 6.84. The average Bonchev–Trinajstić information content (AvgIpc) is 2.68. The SMILES string of the molecule is COc1ccc(C(CNC(=O)Cc2cc(Cl)c3c(c2)OCCO3)N(C)C)cc1. The van der Waals surface area contributed by atoms with E-state index in [0.29, 0.717) is 36.3 Å². The van der Waals surface area contributed by atoms with E-state index in [2.05, 4.69) is 10.2 Å². The Bertz CT molecular complexity index is 824. The van der Waals surface area contributed by atoms with Crippen LogP contribution in [-0.4, -0.2) is 51.8 Å². The summed E-state index contributed by atoms with van der Waals surface area (Å²) in [7, 11) is 5.62. The summed E-state index contributed by atoms with van der Waals surface area (Å²) in [6.45, 7) is 1.45. The van der Waals surface area contributed by atoms with Crippen LogP contribution in [0, 0.1) is 0 Å². The van der Waals surface area contributed by atoms with Crippen LogP contribution in [0.2, 0.25) is 5.02 Å². The molecule has 2 aromatic carbocycles. The van der Waals surface area contributed by atoms with E-state index in [9.17, 15) is 4.79 Å². The Morgan fingerprint density at radius 2 is 1.93 bits per heavy atom. The van der Waals surface area contributed by atoms with Crippen molar-refractivity contribution in [2.45, 2.75) is 12.5 Å². The van der Waals surface area contributed by atoms with Crippen LogP contribution >= 0.6 is 11.6 Å². The lowest BCUT2D eigenvalue weighted by molar-refractivity contribution is -0.120. The molecule has 0 spiro atoms. The molecule has 1 unspecified atom stereocenters. The third-order valence-electron chi connectivity index (χ3n) is 4.64. The molecule has 0 radical (unpaired) electrons. The molecule has 0 aliphatic carbocycles. The van der Waals surface area contributed by atoms with E-state index in [0.717, 1.165) is 16.9 Å². The van der Waals surface area contributed by atoms with Crippen molar-refractivity contribution in [2.24, 2.45) is 0 Å². The Hall–Kier alpha value is -2.44. The molecule has 6 nitrogen and oxygen atoms in total. The third-order valence-corrected chi connectivity index (χ3v) is 4.92. The number of benzene rings is 2. The number of amides is 1. The van der Waals surface area contributed by atoms with Gasteiger partial charge in [-0.2, -0.15) is 0 Å². The van der Waals surface area contributed by atoms with E-state index in [4.69, 9.17) is 25.8 Å². The summed E-state index contributed by atoms with van der Waals surface area (Å²) in [6.07, 6.45) is 0.221. The van der Waals surface area contributed by atoms with Gasteiger partial charge in [0, 0.05) is 6.54 Å². The van der Waals surface area contributed by atoms with Gasteiger partial charge in [0.05, 0.1) is 24.6 Å². The van der Waals surface area contributed by atoms with Crippen LogP contribution in [0.4, 0.5) is 0 Å². The lowest BCUT2D eigenvalue weighted by Crippen LogP contribution is -2.35. The molecule has 0 fully saturated rings. The highest BCUT2D eigenvalue weighted by Gasteiger charge is 2.19. The zero-order valence-electron chi connectivity index (χ0n) is 16.3. The molecule has 7 heteroatoms. The monoisotopic (exact) mass is 404 g/mol. The van der Waals surface area contributed by atoms with Gasteiger partial charge in [0.2, 0.25) is 5.91 Å². The molecule has 0 bridgehead atoms. The molecule has 150 valence electrons. The number of ether oxygens (including phenoxy) is 3. The van der Waals surface area contributed by atoms with Gasteiger partial charge in [0.1, 0.15) is 19.0 Å². The molecule has 1 aliphatic rings.